The maximum atomic E-state index is 5.65. The number of likely N-dealkylation sites (N-methyl/N-ethyl adjacent to an activating group) is 1. The average molecular weight is 275 g/mol. The smallest absolute Gasteiger partial charge is 0.130 e. The molecule has 108 valence electrons. The minimum absolute atomic E-state index is 0.365. The Morgan fingerprint density at radius 2 is 2.05 bits per heavy atom. The Morgan fingerprint density at radius 3 is 2.75 bits per heavy atom. The molecule has 2 unspecified atom stereocenters. The van der Waals surface area contributed by atoms with Crippen molar-refractivity contribution >= 4 is 5.57 Å². The lowest BCUT2D eigenvalue weighted by molar-refractivity contribution is -0.0221. The molecule has 0 aromatic heterocycles. The fourth-order valence-corrected chi connectivity index (χ4v) is 3.02. The summed E-state index contributed by atoms with van der Waals surface area (Å²) < 4.78 is 16.4. The van der Waals surface area contributed by atoms with Gasteiger partial charge in [0.2, 0.25) is 0 Å². The Morgan fingerprint density at radius 1 is 1.20 bits per heavy atom. The molecule has 1 fully saturated rings. The van der Waals surface area contributed by atoms with Gasteiger partial charge in [0.25, 0.3) is 0 Å². The predicted octanol–water partition coefficient (Wildman–Crippen LogP) is 2.19. The molecule has 0 radical (unpaired) electrons. The van der Waals surface area contributed by atoms with Crippen molar-refractivity contribution in [3.63, 3.8) is 0 Å². The van der Waals surface area contributed by atoms with E-state index in [9.17, 15) is 0 Å². The predicted molar refractivity (Wildman–Crippen MR) is 78.3 cm³/mol. The molecule has 0 N–H and O–H groups in total. The standard InChI is InChI=1S/C16H21NO3/c1-17-12-6-11(7-13(17)10-20-9-12)15-5-4-14(18-2)8-16(15)19-3/h4-6,8,12-13H,7,9-10H2,1-3H3. The summed E-state index contributed by atoms with van der Waals surface area (Å²) in [6, 6.07) is 6.85. The van der Waals surface area contributed by atoms with Crippen LogP contribution in [0.25, 0.3) is 5.57 Å². The molecule has 4 heteroatoms. The van der Waals surface area contributed by atoms with E-state index in [0.29, 0.717) is 12.1 Å². The number of nitrogens with zero attached hydrogens (tertiary/aromatic N) is 1. The molecule has 2 aliphatic rings. The monoisotopic (exact) mass is 275 g/mol. The van der Waals surface area contributed by atoms with Gasteiger partial charge in [-0.25, -0.2) is 0 Å². The molecule has 1 aromatic rings. The molecule has 2 heterocycles. The second-order valence-electron chi connectivity index (χ2n) is 5.39. The fourth-order valence-electron chi connectivity index (χ4n) is 3.02. The van der Waals surface area contributed by atoms with Gasteiger partial charge in [-0.3, -0.25) is 4.90 Å². The van der Waals surface area contributed by atoms with Crippen molar-refractivity contribution in [1.82, 2.24) is 4.90 Å². The lowest BCUT2D eigenvalue weighted by atomic mass is 9.90. The zero-order valence-corrected chi connectivity index (χ0v) is 12.3. The van der Waals surface area contributed by atoms with E-state index in [1.165, 1.54) is 11.1 Å². The topological polar surface area (TPSA) is 30.9 Å². The molecule has 0 aliphatic carbocycles. The van der Waals surface area contributed by atoms with Gasteiger partial charge in [0.15, 0.2) is 0 Å². The van der Waals surface area contributed by atoms with Gasteiger partial charge < -0.3 is 14.2 Å². The average Bonchev–Trinajstić information content (AvgIpc) is 2.46. The first-order chi connectivity index (χ1) is 9.72. The van der Waals surface area contributed by atoms with E-state index in [2.05, 4.69) is 24.1 Å². The van der Waals surface area contributed by atoms with Gasteiger partial charge in [0, 0.05) is 17.7 Å². The number of methoxy groups -OCH3 is 2. The van der Waals surface area contributed by atoms with E-state index in [-0.39, 0.29) is 0 Å². The van der Waals surface area contributed by atoms with Crippen LogP contribution in [-0.2, 0) is 4.74 Å². The quantitative estimate of drug-likeness (QED) is 0.846. The number of hydrogen-bond donors (Lipinski definition) is 0. The second-order valence-corrected chi connectivity index (χ2v) is 5.39. The first-order valence-electron chi connectivity index (χ1n) is 6.95. The van der Waals surface area contributed by atoms with Crippen molar-refractivity contribution < 1.29 is 14.2 Å². The summed E-state index contributed by atoms with van der Waals surface area (Å²) in [6.07, 6.45) is 3.30. The molecule has 1 aromatic carbocycles. The molecule has 0 spiro atoms. The van der Waals surface area contributed by atoms with Crippen molar-refractivity contribution in [2.75, 3.05) is 34.5 Å². The Balaban J connectivity index is 1.97. The Kier molecular flexibility index (Phi) is 3.68. The summed E-state index contributed by atoms with van der Waals surface area (Å²) in [4.78, 5) is 2.41. The van der Waals surface area contributed by atoms with Crippen molar-refractivity contribution in [1.29, 1.82) is 0 Å². The molecule has 2 bridgehead atoms. The van der Waals surface area contributed by atoms with Crippen LogP contribution in [0, 0.1) is 0 Å². The lowest BCUT2D eigenvalue weighted by Gasteiger charge is -2.42. The maximum absolute atomic E-state index is 5.65. The van der Waals surface area contributed by atoms with Crippen molar-refractivity contribution in [2.24, 2.45) is 0 Å². The van der Waals surface area contributed by atoms with Crippen LogP contribution in [0.3, 0.4) is 0 Å². The van der Waals surface area contributed by atoms with Gasteiger partial charge >= 0.3 is 0 Å². The number of fused-ring (bicyclic) bond motifs is 2. The highest BCUT2D eigenvalue weighted by molar-refractivity contribution is 5.73. The van der Waals surface area contributed by atoms with Crippen molar-refractivity contribution in [3.8, 4) is 11.5 Å². The zero-order valence-electron chi connectivity index (χ0n) is 12.3. The first-order valence-corrected chi connectivity index (χ1v) is 6.95. The number of morpholine rings is 1. The van der Waals surface area contributed by atoms with E-state index >= 15 is 0 Å². The van der Waals surface area contributed by atoms with Gasteiger partial charge in [0.1, 0.15) is 11.5 Å². The van der Waals surface area contributed by atoms with Crippen LogP contribution in [0.4, 0.5) is 0 Å². The largest absolute Gasteiger partial charge is 0.497 e. The third kappa shape index (κ3) is 2.30. The van der Waals surface area contributed by atoms with Gasteiger partial charge in [-0.05, 0) is 31.2 Å². The van der Waals surface area contributed by atoms with Crippen molar-refractivity contribution in [2.45, 2.75) is 18.5 Å². The minimum Gasteiger partial charge on any atom is -0.497 e. The van der Waals surface area contributed by atoms with Gasteiger partial charge in [0.05, 0.1) is 33.5 Å². The van der Waals surface area contributed by atoms with E-state index in [1.807, 2.05) is 12.1 Å². The highest BCUT2D eigenvalue weighted by Gasteiger charge is 2.32. The van der Waals surface area contributed by atoms with Crippen LogP contribution < -0.4 is 9.47 Å². The molecule has 0 amide bonds. The summed E-state index contributed by atoms with van der Waals surface area (Å²) in [7, 11) is 5.55. The van der Waals surface area contributed by atoms with Crippen molar-refractivity contribution in [3.05, 3.63) is 29.8 Å². The molecule has 4 nitrogen and oxygen atoms in total. The number of hydrogen-bond acceptors (Lipinski definition) is 4. The Bertz CT molecular complexity index is 526. The van der Waals surface area contributed by atoms with Crippen LogP contribution in [0.5, 0.6) is 11.5 Å². The number of rotatable bonds is 3. The third-order valence-corrected chi connectivity index (χ3v) is 4.30. The fraction of sp³-hybridized carbons (Fsp3) is 0.500. The van der Waals surface area contributed by atoms with Gasteiger partial charge in [-0.2, -0.15) is 0 Å². The molecular weight excluding hydrogens is 254 g/mol. The molecule has 1 saturated heterocycles. The SMILES string of the molecule is COc1ccc(C2=CC3COCC(C2)N3C)c(OC)c1. The molecule has 3 rings (SSSR count). The van der Waals surface area contributed by atoms with Gasteiger partial charge in [-0.15, -0.1) is 0 Å². The van der Waals surface area contributed by atoms with Crippen LogP contribution in [0.2, 0.25) is 0 Å². The van der Waals surface area contributed by atoms with Crippen LogP contribution in [0.1, 0.15) is 12.0 Å². The lowest BCUT2D eigenvalue weighted by Crippen LogP contribution is -2.51. The molecule has 2 atom stereocenters. The zero-order chi connectivity index (χ0) is 14.1. The first kappa shape index (κ1) is 13.5. The van der Waals surface area contributed by atoms with Gasteiger partial charge in [-0.1, -0.05) is 6.08 Å². The summed E-state index contributed by atoms with van der Waals surface area (Å²) >= 11 is 0. The van der Waals surface area contributed by atoms with Crippen LogP contribution >= 0.6 is 0 Å². The normalized spacial score (nSPS) is 26.1. The summed E-state index contributed by atoms with van der Waals surface area (Å²) in [5.41, 5.74) is 2.51. The second kappa shape index (κ2) is 5.46. The van der Waals surface area contributed by atoms with E-state index in [1.54, 1.807) is 14.2 Å². The molecule has 20 heavy (non-hydrogen) atoms. The van der Waals surface area contributed by atoms with Crippen LogP contribution in [-0.4, -0.2) is 51.5 Å². The molecule has 2 aliphatic heterocycles. The number of benzene rings is 1. The van der Waals surface area contributed by atoms with E-state index in [0.717, 1.165) is 31.1 Å². The van der Waals surface area contributed by atoms with E-state index in [4.69, 9.17) is 14.2 Å². The summed E-state index contributed by atoms with van der Waals surface area (Å²) in [6.45, 7) is 1.58. The summed E-state index contributed by atoms with van der Waals surface area (Å²) in [5, 5.41) is 0. The third-order valence-electron chi connectivity index (χ3n) is 4.30. The Labute approximate surface area is 119 Å². The maximum Gasteiger partial charge on any atom is 0.130 e. The Hall–Kier alpha value is -1.52. The minimum atomic E-state index is 0.365. The number of ether oxygens (including phenoxy) is 3. The molecule has 0 saturated carbocycles. The highest BCUT2D eigenvalue weighted by atomic mass is 16.5. The summed E-state index contributed by atoms with van der Waals surface area (Å²) in [5.74, 6) is 1.70. The van der Waals surface area contributed by atoms with E-state index < -0.39 is 0 Å². The molecular formula is C16H21NO3. The van der Waals surface area contributed by atoms with Crippen LogP contribution in [0.15, 0.2) is 24.3 Å². The highest BCUT2D eigenvalue weighted by Crippen LogP contribution is 2.37.